The molecule has 0 radical (unpaired) electrons. The molecule has 0 amide bonds. The molecule has 2 aromatic rings. The van der Waals surface area contributed by atoms with Crippen LogP contribution in [0.15, 0.2) is 60.7 Å². The average molecular weight is 655 g/mol. The number of carbonyl (C=O) groups excluding carboxylic acids is 2. The predicted molar refractivity (Wildman–Crippen MR) is 190 cm³/mol. The smallest absolute Gasteiger partial charge is 0.441 e. The van der Waals surface area contributed by atoms with Gasteiger partial charge in [0.2, 0.25) is 0 Å². The molecule has 0 saturated heterocycles. The van der Waals surface area contributed by atoms with Gasteiger partial charge in [-0.3, -0.25) is 9.59 Å². The van der Waals surface area contributed by atoms with Crippen molar-refractivity contribution in [1.29, 1.82) is 0 Å². The number of para-hydroxylation sites is 2. The zero-order valence-electron chi connectivity index (χ0n) is 29.4. The number of allylic oxidation sites excluding steroid dienone is 2. The van der Waals surface area contributed by atoms with E-state index in [0.717, 1.165) is 43.1 Å². The Morgan fingerprint density at radius 1 is 0.652 bits per heavy atom. The summed E-state index contributed by atoms with van der Waals surface area (Å²) in [5, 5.41) is 0. The fourth-order valence-electron chi connectivity index (χ4n) is 5.39. The van der Waals surface area contributed by atoms with Gasteiger partial charge < -0.3 is 13.8 Å². The molecule has 0 atom stereocenters. The Morgan fingerprint density at radius 2 is 1.07 bits per heavy atom. The van der Waals surface area contributed by atoms with Gasteiger partial charge in [0.15, 0.2) is 6.16 Å². The van der Waals surface area contributed by atoms with Crippen molar-refractivity contribution >= 4 is 19.9 Å². The van der Waals surface area contributed by atoms with Crippen molar-refractivity contribution in [2.75, 3.05) is 12.8 Å². The van der Waals surface area contributed by atoms with Crippen LogP contribution in [-0.2, 0) is 29.7 Å². The highest BCUT2D eigenvalue weighted by molar-refractivity contribution is 7.55. The van der Waals surface area contributed by atoms with E-state index < -0.39 is 19.7 Å². The minimum absolute atomic E-state index is 0.262. The maximum absolute atomic E-state index is 14.3. The summed E-state index contributed by atoms with van der Waals surface area (Å²) in [6.45, 7) is 12.7. The Labute approximate surface area is 279 Å². The molecule has 0 aliphatic carbocycles. The third-order valence-corrected chi connectivity index (χ3v) is 9.53. The molecule has 6 nitrogen and oxygen atoms in total. The average Bonchev–Trinajstić information content (AvgIpc) is 2.98. The zero-order chi connectivity index (χ0) is 33.9. The number of unbranched alkanes of at least 4 members (excludes halogenated alkanes) is 12. The molecular formula is C39H59O6P. The molecule has 0 unspecified atom stereocenters. The molecule has 0 aliphatic heterocycles. The van der Waals surface area contributed by atoms with Gasteiger partial charge in [0, 0.05) is 11.1 Å². The number of rotatable bonds is 22. The lowest BCUT2D eigenvalue weighted by Crippen LogP contribution is -2.20. The molecule has 0 heterocycles. The number of aldehydes is 1. The molecule has 0 bridgehead atoms. The summed E-state index contributed by atoms with van der Waals surface area (Å²) >= 11 is 0. The summed E-state index contributed by atoms with van der Waals surface area (Å²) in [5.41, 5.74) is 1.24. The van der Waals surface area contributed by atoms with Gasteiger partial charge in [-0.1, -0.05) is 148 Å². The molecule has 2 aromatic carbocycles. The Balaban J connectivity index is 1.82. The van der Waals surface area contributed by atoms with Gasteiger partial charge in [-0.25, -0.2) is 4.57 Å². The fourth-order valence-corrected chi connectivity index (χ4v) is 6.88. The minimum Gasteiger partial charge on any atom is -0.465 e. The van der Waals surface area contributed by atoms with Crippen LogP contribution in [0.5, 0.6) is 11.5 Å². The maximum Gasteiger partial charge on any atom is 0.441 e. The predicted octanol–water partition coefficient (Wildman–Crippen LogP) is 11.3. The first-order valence-electron chi connectivity index (χ1n) is 17.3. The first-order valence-corrected chi connectivity index (χ1v) is 19.0. The molecule has 0 saturated carbocycles. The van der Waals surface area contributed by atoms with Crippen LogP contribution in [0.1, 0.15) is 136 Å². The highest BCUT2D eigenvalue weighted by Crippen LogP contribution is 2.52. The van der Waals surface area contributed by atoms with E-state index in [1.165, 1.54) is 57.8 Å². The van der Waals surface area contributed by atoms with E-state index in [-0.39, 0.29) is 10.8 Å². The van der Waals surface area contributed by atoms with Gasteiger partial charge in [-0.05, 0) is 48.3 Å². The van der Waals surface area contributed by atoms with E-state index in [1.54, 1.807) is 18.2 Å². The standard InChI is InChI=1S/C39H59O6P/c1-38(2,3)33-26-20-22-28-35(33)44-46(42,45-36-29-23-21-27-34(36)39(4,5)6)32-37(41)43-31-25-19-17-15-13-11-9-7-8-10-12-14-16-18-24-30-40/h18,20-24,26-30H,7-17,19,25,31-32H2,1-6H3/b24-18+. The maximum atomic E-state index is 14.3. The monoisotopic (exact) mass is 654 g/mol. The van der Waals surface area contributed by atoms with Crippen molar-refractivity contribution in [3.63, 3.8) is 0 Å². The Bertz CT molecular complexity index is 1190. The summed E-state index contributed by atoms with van der Waals surface area (Å²) in [4.78, 5) is 23.2. The van der Waals surface area contributed by atoms with Crippen LogP contribution in [0.3, 0.4) is 0 Å². The Hall–Kier alpha value is -2.85. The van der Waals surface area contributed by atoms with Crippen LogP contribution in [0.4, 0.5) is 0 Å². The summed E-state index contributed by atoms with van der Waals surface area (Å²) in [6.07, 6.45) is 19.0. The molecule has 0 aliphatic rings. The van der Waals surface area contributed by atoms with Crippen LogP contribution in [-0.4, -0.2) is 25.0 Å². The topological polar surface area (TPSA) is 78.9 Å². The first kappa shape index (κ1) is 39.3. The number of carbonyl (C=O) groups is 2. The molecule has 256 valence electrons. The summed E-state index contributed by atoms with van der Waals surface area (Å²) in [7, 11) is -3.99. The third kappa shape index (κ3) is 15.6. The first-order chi connectivity index (χ1) is 21.9. The quantitative estimate of drug-likeness (QED) is 0.0413. The SMILES string of the molecule is CC(C)(C)c1ccccc1OP(=O)(CC(=O)OCCCCCCCCCCCCCC/C=C/C=O)Oc1ccccc1C(C)(C)C. The Morgan fingerprint density at radius 3 is 1.50 bits per heavy atom. The summed E-state index contributed by atoms with van der Waals surface area (Å²) < 4.78 is 32.2. The van der Waals surface area contributed by atoms with Gasteiger partial charge in [0.1, 0.15) is 17.8 Å². The largest absolute Gasteiger partial charge is 0.465 e. The molecule has 46 heavy (non-hydrogen) atoms. The van der Waals surface area contributed by atoms with Gasteiger partial charge in [-0.2, -0.15) is 0 Å². The molecule has 2 rings (SSSR count). The van der Waals surface area contributed by atoms with Crippen LogP contribution in [0, 0.1) is 0 Å². The zero-order valence-corrected chi connectivity index (χ0v) is 30.2. The van der Waals surface area contributed by atoms with E-state index in [2.05, 4.69) is 41.5 Å². The second-order valence-corrected chi connectivity index (χ2v) is 16.2. The highest BCUT2D eigenvalue weighted by Gasteiger charge is 2.36. The number of hydrogen-bond acceptors (Lipinski definition) is 6. The molecule has 7 heteroatoms. The van der Waals surface area contributed by atoms with Crippen molar-refractivity contribution < 1.29 is 27.9 Å². The lowest BCUT2D eigenvalue weighted by Gasteiger charge is -2.28. The van der Waals surface area contributed by atoms with Gasteiger partial charge in [0.25, 0.3) is 0 Å². The van der Waals surface area contributed by atoms with E-state index in [0.29, 0.717) is 18.1 Å². The van der Waals surface area contributed by atoms with Crippen LogP contribution < -0.4 is 9.05 Å². The number of ether oxygens (including phenoxy) is 1. The number of esters is 1. The van der Waals surface area contributed by atoms with Crippen LogP contribution in [0.25, 0.3) is 0 Å². The van der Waals surface area contributed by atoms with Crippen molar-refractivity contribution in [2.45, 2.75) is 136 Å². The molecule has 0 fully saturated rings. The minimum atomic E-state index is -3.99. The van der Waals surface area contributed by atoms with E-state index in [4.69, 9.17) is 13.8 Å². The van der Waals surface area contributed by atoms with Crippen molar-refractivity contribution in [2.24, 2.45) is 0 Å². The summed E-state index contributed by atoms with van der Waals surface area (Å²) in [5.74, 6) is 0.307. The van der Waals surface area contributed by atoms with Crippen LogP contribution in [0.2, 0.25) is 0 Å². The molecule has 0 spiro atoms. The second kappa shape index (κ2) is 20.4. The van der Waals surface area contributed by atoms with Gasteiger partial charge in [-0.15, -0.1) is 0 Å². The number of benzene rings is 2. The normalized spacial score (nSPS) is 12.3. The van der Waals surface area contributed by atoms with Gasteiger partial charge in [0.05, 0.1) is 6.61 Å². The Kier molecular flexibility index (Phi) is 17.4. The van der Waals surface area contributed by atoms with E-state index >= 15 is 0 Å². The van der Waals surface area contributed by atoms with Crippen LogP contribution >= 0.6 is 7.60 Å². The van der Waals surface area contributed by atoms with Gasteiger partial charge >= 0.3 is 13.6 Å². The molecule has 0 N–H and O–H groups in total. The molecule has 0 aromatic heterocycles. The van der Waals surface area contributed by atoms with E-state index in [9.17, 15) is 14.2 Å². The third-order valence-electron chi connectivity index (χ3n) is 7.93. The summed E-state index contributed by atoms with van der Waals surface area (Å²) in [6, 6.07) is 14.9. The van der Waals surface area contributed by atoms with Crippen molar-refractivity contribution in [3.8, 4) is 11.5 Å². The van der Waals surface area contributed by atoms with E-state index in [1.807, 2.05) is 42.5 Å². The lowest BCUT2D eigenvalue weighted by atomic mass is 9.86. The lowest BCUT2D eigenvalue weighted by molar-refractivity contribution is -0.140. The molecular weight excluding hydrogens is 595 g/mol. The number of hydrogen-bond donors (Lipinski definition) is 0. The van der Waals surface area contributed by atoms with Crippen molar-refractivity contribution in [1.82, 2.24) is 0 Å². The fraction of sp³-hybridized carbons (Fsp3) is 0.590. The van der Waals surface area contributed by atoms with Crippen molar-refractivity contribution in [3.05, 3.63) is 71.8 Å². The highest BCUT2D eigenvalue weighted by atomic mass is 31.2. The second-order valence-electron chi connectivity index (χ2n) is 14.3.